The first-order valence-electron chi connectivity index (χ1n) is 12.1. The molecular weight excluding hydrogens is 434 g/mol. The number of anilines is 3. The number of carbonyl (C=O) groups excluding carboxylic acids is 1. The second-order valence-electron chi connectivity index (χ2n) is 9.29. The summed E-state index contributed by atoms with van der Waals surface area (Å²) in [6.07, 6.45) is 0. The van der Waals surface area contributed by atoms with E-state index in [1.54, 1.807) is 0 Å². The van der Waals surface area contributed by atoms with Crippen molar-refractivity contribution in [2.24, 2.45) is 0 Å². The predicted octanol–water partition coefficient (Wildman–Crippen LogP) is 5.01. The van der Waals surface area contributed by atoms with Gasteiger partial charge >= 0.3 is 0 Å². The Hall–Kier alpha value is -3.90. The molecule has 0 spiro atoms. The fourth-order valence-electron chi connectivity index (χ4n) is 4.71. The van der Waals surface area contributed by atoms with Gasteiger partial charge < -0.3 is 16.0 Å². The third-order valence-corrected chi connectivity index (χ3v) is 6.65. The van der Waals surface area contributed by atoms with Crippen LogP contribution < -0.4 is 16.0 Å². The van der Waals surface area contributed by atoms with Gasteiger partial charge in [0.1, 0.15) is 0 Å². The van der Waals surface area contributed by atoms with Gasteiger partial charge in [-0.25, -0.2) is 0 Å². The summed E-state index contributed by atoms with van der Waals surface area (Å²) in [5.41, 5.74) is 13.5. The van der Waals surface area contributed by atoms with Gasteiger partial charge in [-0.2, -0.15) is 0 Å². The Morgan fingerprint density at radius 2 is 1.69 bits per heavy atom. The molecule has 2 heterocycles. The number of nitrogens with zero attached hydrogens (tertiary/aromatic N) is 3. The number of hydrogen-bond donors (Lipinski definition) is 2. The number of fused-ring (bicyclic) bond motifs is 1. The van der Waals surface area contributed by atoms with E-state index in [0.29, 0.717) is 16.9 Å². The average molecular weight is 466 g/mol. The molecule has 35 heavy (non-hydrogen) atoms. The number of nitrogens with one attached hydrogen (secondary N) is 1. The standard InChI is InChI=1S/C29H31N5O/c1-20-7-10-24(11-8-20)34-15-13-33(14-16-34)19-22-5-3-4-6-25(22)29(35)32-23-9-12-28-26(18-23)27(30)17-21(2)31-28/h3-12,17-18H,13-16,19H2,1-2H3,(H2,30,31)(H,32,35). The summed E-state index contributed by atoms with van der Waals surface area (Å²) in [7, 11) is 0. The zero-order chi connectivity index (χ0) is 24.4. The quantitative estimate of drug-likeness (QED) is 0.433. The minimum absolute atomic E-state index is 0.114. The molecule has 0 bridgehead atoms. The van der Waals surface area contributed by atoms with Crippen molar-refractivity contribution in [3.8, 4) is 0 Å². The van der Waals surface area contributed by atoms with Gasteiger partial charge in [0.15, 0.2) is 0 Å². The number of piperazine rings is 1. The number of nitrogens with two attached hydrogens (primary N) is 1. The highest BCUT2D eigenvalue weighted by Crippen LogP contribution is 2.25. The van der Waals surface area contributed by atoms with Gasteiger partial charge in [0, 0.05) is 66.4 Å². The van der Waals surface area contributed by atoms with Gasteiger partial charge in [0.2, 0.25) is 0 Å². The van der Waals surface area contributed by atoms with Crippen LogP contribution in [0.1, 0.15) is 27.2 Å². The van der Waals surface area contributed by atoms with Gasteiger partial charge in [0.25, 0.3) is 5.91 Å². The molecule has 0 unspecified atom stereocenters. The molecule has 1 amide bonds. The summed E-state index contributed by atoms with van der Waals surface area (Å²) < 4.78 is 0. The summed E-state index contributed by atoms with van der Waals surface area (Å²) in [5, 5.41) is 3.89. The largest absolute Gasteiger partial charge is 0.398 e. The van der Waals surface area contributed by atoms with E-state index in [4.69, 9.17) is 5.73 Å². The van der Waals surface area contributed by atoms with E-state index in [0.717, 1.165) is 54.9 Å². The highest BCUT2D eigenvalue weighted by atomic mass is 16.1. The zero-order valence-electron chi connectivity index (χ0n) is 20.3. The molecule has 6 nitrogen and oxygen atoms in total. The lowest BCUT2D eigenvalue weighted by Gasteiger charge is -2.36. The van der Waals surface area contributed by atoms with Gasteiger partial charge in [-0.3, -0.25) is 14.7 Å². The summed E-state index contributed by atoms with van der Waals surface area (Å²) in [6, 6.07) is 24.1. The number of pyridine rings is 1. The van der Waals surface area contributed by atoms with E-state index in [1.807, 2.05) is 55.5 Å². The van der Waals surface area contributed by atoms with E-state index in [2.05, 4.69) is 51.3 Å². The van der Waals surface area contributed by atoms with Crippen LogP contribution in [-0.2, 0) is 6.54 Å². The number of aryl methyl sites for hydroxylation is 2. The number of benzene rings is 3. The fourth-order valence-corrected chi connectivity index (χ4v) is 4.71. The Bertz CT molecular complexity index is 1360. The van der Waals surface area contributed by atoms with E-state index < -0.39 is 0 Å². The lowest BCUT2D eigenvalue weighted by molar-refractivity contribution is 0.102. The Labute approximate surface area is 206 Å². The maximum atomic E-state index is 13.2. The first-order chi connectivity index (χ1) is 17.0. The highest BCUT2D eigenvalue weighted by molar-refractivity contribution is 6.06. The Kier molecular flexibility index (Phi) is 6.38. The molecule has 1 aliphatic rings. The van der Waals surface area contributed by atoms with Gasteiger partial charge in [0.05, 0.1) is 5.52 Å². The molecule has 0 aliphatic carbocycles. The predicted molar refractivity (Wildman–Crippen MR) is 144 cm³/mol. The summed E-state index contributed by atoms with van der Waals surface area (Å²) in [6.45, 7) is 8.65. The average Bonchev–Trinajstić information content (AvgIpc) is 2.86. The van der Waals surface area contributed by atoms with Crippen molar-refractivity contribution >= 4 is 33.9 Å². The molecule has 1 fully saturated rings. The van der Waals surface area contributed by atoms with Gasteiger partial charge in [-0.1, -0.05) is 35.9 Å². The molecule has 0 radical (unpaired) electrons. The maximum absolute atomic E-state index is 13.2. The van der Waals surface area contributed by atoms with Crippen molar-refractivity contribution in [2.45, 2.75) is 20.4 Å². The van der Waals surface area contributed by atoms with Crippen molar-refractivity contribution in [2.75, 3.05) is 42.1 Å². The minimum atomic E-state index is -0.114. The Morgan fingerprint density at radius 1 is 0.943 bits per heavy atom. The van der Waals surface area contributed by atoms with E-state index in [9.17, 15) is 4.79 Å². The van der Waals surface area contributed by atoms with Crippen LogP contribution in [-0.4, -0.2) is 42.0 Å². The molecule has 0 atom stereocenters. The van der Waals surface area contributed by atoms with Crippen molar-refractivity contribution in [1.29, 1.82) is 0 Å². The van der Waals surface area contributed by atoms with Crippen molar-refractivity contribution in [3.05, 3.63) is 95.2 Å². The monoisotopic (exact) mass is 465 g/mol. The van der Waals surface area contributed by atoms with Crippen LogP contribution in [0, 0.1) is 13.8 Å². The van der Waals surface area contributed by atoms with Crippen LogP contribution in [0.15, 0.2) is 72.8 Å². The number of carbonyl (C=O) groups is 1. The molecule has 5 rings (SSSR count). The molecular formula is C29H31N5O. The molecule has 178 valence electrons. The second kappa shape index (κ2) is 9.76. The third-order valence-electron chi connectivity index (χ3n) is 6.65. The first-order valence-corrected chi connectivity index (χ1v) is 12.1. The maximum Gasteiger partial charge on any atom is 0.255 e. The van der Waals surface area contributed by atoms with Crippen LogP contribution in [0.2, 0.25) is 0 Å². The van der Waals surface area contributed by atoms with Crippen LogP contribution in [0.4, 0.5) is 17.1 Å². The second-order valence-corrected chi connectivity index (χ2v) is 9.29. The zero-order valence-corrected chi connectivity index (χ0v) is 20.3. The summed E-state index contributed by atoms with van der Waals surface area (Å²) in [5.74, 6) is -0.114. The van der Waals surface area contributed by atoms with Gasteiger partial charge in [-0.05, 0) is 61.9 Å². The molecule has 6 heteroatoms. The minimum Gasteiger partial charge on any atom is -0.398 e. The highest BCUT2D eigenvalue weighted by Gasteiger charge is 2.20. The Morgan fingerprint density at radius 3 is 2.46 bits per heavy atom. The molecule has 1 saturated heterocycles. The molecule has 3 N–H and O–H groups in total. The number of aromatic nitrogens is 1. The van der Waals surface area contributed by atoms with Crippen molar-refractivity contribution in [1.82, 2.24) is 9.88 Å². The van der Waals surface area contributed by atoms with Crippen LogP contribution in [0.5, 0.6) is 0 Å². The van der Waals surface area contributed by atoms with Crippen molar-refractivity contribution in [3.63, 3.8) is 0 Å². The Balaban J connectivity index is 1.26. The molecule has 3 aromatic carbocycles. The summed E-state index contributed by atoms with van der Waals surface area (Å²) in [4.78, 5) is 22.6. The van der Waals surface area contributed by atoms with E-state index >= 15 is 0 Å². The van der Waals surface area contributed by atoms with Crippen LogP contribution in [0.3, 0.4) is 0 Å². The van der Waals surface area contributed by atoms with Crippen LogP contribution >= 0.6 is 0 Å². The molecule has 4 aromatic rings. The topological polar surface area (TPSA) is 74.5 Å². The van der Waals surface area contributed by atoms with Crippen molar-refractivity contribution < 1.29 is 4.79 Å². The molecule has 1 aliphatic heterocycles. The lowest BCUT2D eigenvalue weighted by atomic mass is 10.1. The SMILES string of the molecule is Cc1ccc(N2CCN(Cc3ccccc3C(=O)Nc3ccc4nc(C)cc(N)c4c3)CC2)cc1. The third kappa shape index (κ3) is 5.12. The van der Waals surface area contributed by atoms with Gasteiger partial charge in [-0.15, -0.1) is 0 Å². The van der Waals surface area contributed by atoms with E-state index in [1.165, 1.54) is 11.3 Å². The lowest BCUT2D eigenvalue weighted by Crippen LogP contribution is -2.46. The fraction of sp³-hybridized carbons (Fsp3) is 0.241. The van der Waals surface area contributed by atoms with Crippen LogP contribution in [0.25, 0.3) is 10.9 Å². The van der Waals surface area contributed by atoms with E-state index in [-0.39, 0.29) is 5.91 Å². The number of hydrogen-bond acceptors (Lipinski definition) is 5. The number of rotatable bonds is 5. The number of nitrogen functional groups attached to an aromatic ring is 1. The molecule has 1 aromatic heterocycles. The normalized spacial score (nSPS) is 14.3. The smallest absolute Gasteiger partial charge is 0.255 e. The molecule has 0 saturated carbocycles. The summed E-state index contributed by atoms with van der Waals surface area (Å²) >= 11 is 0. The first kappa shape index (κ1) is 22.9. The number of amides is 1.